The Balaban J connectivity index is 1.29. The Hall–Kier alpha value is -2.43. The molecule has 0 bridgehead atoms. The van der Waals surface area contributed by atoms with Gasteiger partial charge in [0, 0.05) is 36.1 Å². The molecule has 140 valence electrons. The van der Waals surface area contributed by atoms with Crippen molar-refractivity contribution in [2.45, 2.75) is 50.9 Å². The number of amides is 1. The first-order valence-electron chi connectivity index (χ1n) is 10.3. The van der Waals surface area contributed by atoms with Crippen LogP contribution in [-0.4, -0.2) is 27.4 Å². The summed E-state index contributed by atoms with van der Waals surface area (Å²) in [6.45, 7) is 0.887. The van der Waals surface area contributed by atoms with E-state index in [1.807, 2.05) is 18.6 Å². The van der Waals surface area contributed by atoms with Crippen LogP contribution in [0.25, 0.3) is 21.9 Å². The van der Waals surface area contributed by atoms with Crippen LogP contribution in [0.4, 0.5) is 0 Å². The molecule has 0 unspecified atom stereocenters. The number of nitrogens with zero attached hydrogens (tertiary/aromatic N) is 2. The summed E-state index contributed by atoms with van der Waals surface area (Å²) in [6.07, 6.45) is 13.6. The Morgan fingerprint density at radius 3 is 2.70 bits per heavy atom. The van der Waals surface area contributed by atoms with Crippen molar-refractivity contribution in [3.63, 3.8) is 0 Å². The topological polar surface area (TPSA) is 70.7 Å². The van der Waals surface area contributed by atoms with E-state index < -0.39 is 0 Å². The molecule has 3 aromatic heterocycles. The minimum absolute atomic E-state index is 0.251. The number of hydrogen-bond donors (Lipinski definition) is 2. The molecule has 0 aliphatic heterocycles. The summed E-state index contributed by atoms with van der Waals surface area (Å²) < 4.78 is 0. The number of pyridine rings is 2. The van der Waals surface area contributed by atoms with Gasteiger partial charge in [0.25, 0.3) is 0 Å². The summed E-state index contributed by atoms with van der Waals surface area (Å²) in [7, 11) is 0. The van der Waals surface area contributed by atoms with E-state index in [1.165, 1.54) is 23.8 Å². The van der Waals surface area contributed by atoms with Gasteiger partial charge in [-0.15, -0.1) is 0 Å². The Bertz CT molecular complexity index is 967. The van der Waals surface area contributed by atoms with Crippen molar-refractivity contribution < 1.29 is 4.79 Å². The zero-order valence-electron chi connectivity index (χ0n) is 15.6. The van der Waals surface area contributed by atoms with Crippen LogP contribution in [0.1, 0.15) is 56.4 Å². The molecule has 0 radical (unpaired) electrons. The third kappa shape index (κ3) is 3.43. The lowest BCUT2D eigenvalue weighted by Gasteiger charge is -2.29. The van der Waals surface area contributed by atoms with Gasteiger partial charge in [-0.05, 0) is 74.0 Å². The van der Waals surface area contributed by atoms with Crippen LogP contribution in [0.2, 0.25) is 0 Å². The smallest absolute Gasteiger partial charge is 0.220 e. The Labute approximate surface area is 159 Å². The number of rotatable bonds is 5. The van der Waals surface area contributed by atoms with Crippen LogP contribution in [0.15, 0.2) is 30.7 Å². The van der Waals surface area contributed by atoms with E-state index in [9.17, 15) is 4.79 Å². The molecular formula is C22H26N4O. The molecule has 0 aromatic carbocycles. The predicted molar refractivity (Wildman–Crippen MR) is 106 cm³/mol. The van der Waals surface area contributed by atoms with Gasteiger partial charge in [0.05, 0.1) is 11.7 Å². The van der Waals surface area contributed by atoms with Gasteiger partial charge in [-0.3, -0.25) is 4.79 Å². The Kier molecular flexibility index (Phi) is 4.30. The lowest BCUT2D eigenvalue weighted by atomic mass is 9.76. The van der Waals surface area contributed by atoms with Crippen LogP contribution in [0, 0.1) is 11.8 Å². The number of carbonyl (C=O) groups excluding carboxylic acids is 1. The number of aromatic amines is 1. The summed E-state index contributed by atoms with van der Waals surface area (Å²) in [5.41, 5.74) is 3.31. The summed E-state index contributed by atoms with van der Waals surface area (Å²) in [4.78, 5) is 24.3. The van der Waals surface area contributed by atoms with Crippen LogP contribution in [0.5, 0.6) is 0 Å². The molecular weight excluding hydrogens is 336 g/mol. The fraction of sp³-hybridized carbons (Fsp3) is 0.500. The first-order chi connectivity index (χ1) is 13.3. The van der Waals surface area contributed by atoms with E-state index in [1.54, 1.807) is 0 Å². The minimum atomic E-state index is 0.251. The normalized spacial score (nSPS) is 23.0. The molecule has 0 spiro atoms. The van der Waals surface area contributed by atoms with E-state index in [0.29, 0.717) is 18.3 Å². The zero-order chi connectivity index (χ0) is 18.2. The molecule has 27 heavy (non-hydrogen) atoms. The second kappa shape index (κ2) is 6.95. The highest BCUT2D eigenvalue weighted by molar-refractivity contribution is 6.05. The van der Waals surface area contributed by atoms with Gasteiger partial charge in [-0.2, -0.15) is 0 Å². The van der Waals surface area contributed by atoms with Crippen LogP contribution in [0.3, 0.4) is 0 Å². The predicted octanol–water partition coefficient (Wildman–Crippen LogP) is 4.30. The molecule has 5 nitrogen and oxygen atoms in total. The third-order valence-corrected chi connectivity index (χ3v) is 6.37. The van der Waals surface area contributed by atoms with Gasteiger partial charge >= 0.3 is 0 Å². The number of carbonyl (C=O) groups is 1. The maximum absolute atomic E-state index is 12.2. The highest BCUT2D eigenvalue weighted by Gasteiger charge is 2.27. The molecule has 0 atom stereocenters. The summed E-state index contributed by atoms with van der Waals surface area (Å²) in [5, 5.41) is 5.53. The minimum Gasteiger partial charge on any atom is -0.360 e. The number of hydrogen-bond acceptors (Lipinski definition) is 3. The maximum Gasteiger partial charge on any atom is 0.220 e. The van der Waals surface area contributed by atoms with E-state index in [2.05, 4.69) is 32.4 Å². The zero-order valence-corrected chi connectivity index (χ0v) is 15.6. The first kappa shape index (κ1) is 16.7. The first-order valence-corrected chi connectivity index (χ1v) is 10.3. The lowest BCUT2D eigenvalue weighted by Crippen LogP contribution is -2.28. The molecule has 2 aliphatic rings. The van der Waals surface area contributed by atoms with E-state index in [-0.39, 0.29) is 5.91 Å². The molecule has 2 aliphatic carbocycles. The molecule has 0 saturated heterocycles. The standard InChI is InChI=1S/C22H26N4O/c27-20(25-12-15-1-2-15)11-14-3-5-16(6-4-14)17-7-9-23-19-13-26-22-18(21(17)19)8-10-24-22/h7-10,13-16,23H,1-6,11-12H2,(H,25,27). The highest BCUT2D eigenvalue weighted by atomic mass is 16.1. The molecule has 3 heterocycles. The summed E-state index contributed by atoms with van der Waals surface area (Å²) >= 11 is 0. The third-order valence-electron chi connectivity index (χ3n) is 6.37. The Morgan fingerprint density at radius 1 is 1.07 bits per heavy atom. The quantitative estimate of drug-likeness (QED) is 0.711. The molecule has 3 aromatic rings. The largest absolute Gasteiger partial charge is 0.360 e. The molecule has 2 N–H and O–H groups in total. The van der Waals surface area contributed by atoms with Crippen LogP contribution < -0.4 is 5.32 Å². The van der Waals surface area contributed by atoms with Crippen molar-refractivity contribution in [2.75, 3.05) is 6.54 Å². The molecule has 5 rings (SSSR count). The molecule has 1 amide bonds. The van der Waals surface area contributed by atoms with Crippen molar-refractivity contribution in [3.05, 3.63) is 36.3 Å². The van der Waals surface area contributed by atoms with Crippen LogP contribution >= 0.6 is 0 Å². The average molecular weight is 362 g/mol. The number of nitrogens with one attached hydrogen (secondary N) is 2. The second-order valence-electron chi connectivity index (χ2n) is 8.33. The van der Waals surface area contributed by atoms with Gasteiger partial charge in [0.1, 0.15) is 0 Å². The SMILES string of the molecule is O=C(CC1CCC(c2cc[nH]c3cnc4nccc4c23)CC1)NCC1CC1. The molecule has 5 heteroatoms. The van der Waals surface area contributed by atoms with Gasteiger partial charge in [-0.25, -0.2) is 9.97 Å². The Morgan fingerprint density at radius 2 is 1.89 bits per heavy atom. The van der Waals surface area contributed by atoms with Crippen molar-refractivity contribution in [1.29, 1.82) is 0 Å². The van der Waals surface area contributed by atoms with E-state index >= 15 is 0 Å². The monoisotopic (exact) mass is 362 g/mol. The average Bonchev–Trinajstić information content (AvgIpc) is 3.40. The van der Waals surface area contributed by atoms with Gasteiger partial charge in [0.2, 0.25) is 5.91 Å². The van der Waals surface area contributed by atoms with E-state index in [4.69, 9.17) is 0 Å². The lowest BCUT2D eigenvalue weighted by molar-refractivity contribution is -0.122. The summed E-state index contributed by atoms with van der Waals surface area (Å²) in [5.74, 6) is 2.09. The van der Waals surface area contributed by atoms with Crippen molar-refractivity contribution in [1.82, 2.24) is 20.3 Å². The number of fused-ring (bicyclic) bond motifs is 3. The number of H-pyrrole nitrogens is 1. The van der Waals surface area contributed by atoms with Gasteiger partial charge in [0.15, 0.2) is 5.65 Å². The number of aromatic nitrogens is 3. The van der Waals surface area contributed by atoms with Crippen molar-refractivity contribution >= 4 is 27.8 Å². The van der Waals surface area contributed by atoms with Crippen molar-refractivity contribution in [2.24, 2.45) is 11.8 Å². The van der Waals surface area contributed by atoms with Crippen molar-refractivity contribution in [3.8, 4) is 0 Å². The maximum atomic E-state index is 12.2. The highest BCUT2D eigenvalue weighted by Crippen LogP contribution is 2.40. The summed E-state index contributed by atoms with van der Waals surface area (Å²) in [6, 6.07) is 4.29. The second-order valence-corrected chi connectivity index (χ2v) is 8.33. The van der Waals surface area contributed by atoms with E-state index in [0.717, 1.165) is 54.7 Å². The van der Waals surface area contributed by atoms with Gasteiger partial charge in [-0.1, -0.05) is 0 Å². The van der Waals surface area contributed by atoms with Gasteiger partial charge < -0.3 is 10.3 Å². The fourth-order valence-corrected chi connectivity index (χ4v) is 4.62. The van der Waals surface area contributed by atoms with Crippen LogP contribution in [-0.2, 0) is 4.79 Å². The molecule has 2 saturated carbocycles. The molecule has 2 fully saturated rings. The fourth-order valence-electron chi connectivity index (χ4n) is 4.62.